The summed E-state index contributed by atoms with van der Waals surface area (Å²) in [5.41, 5.74) is 2.64. The molecule has 0 aliphatic carbocycles. The third kappa shape index (κ3) is 3.35. The van der Waals surface area contributed by atoms with Gasteiger partial charge < -0.3 is 5.32 Å². The van der Waals surface area contributed by atoms with Crippen LogP contribution in [-0.2, 0) is 6.42 Å². The van der Waals surface area contributed by atoms with Crippen LogP contribution in [0.3, 0.4) is 0 Å². The average Bonchev–Trinajstić information content (AvgIpc) is 2.66. The largest absolute Gasteiger partial charge is 0.312 e. The van der Waals surface area contributed by atoms with Gasteiger partial charge in [0.15, 0.2) is 0 Å². The van der Waals surface area contributed by atoms with Gasteiger partial charge in [-0.1, -0.05) is 41.4 Å². The molecule has 1 nitrogen and oxygen atoms in total. The molecule has 96 valence electrons. The number of likely N-dealkylation sites (N-methyl/N-ethyl adjacent to an activating group) is 1. The van der Waals surface area contributed by atoms with Crippen molar-refractivity contribution < 1.29 is 0 Å². The summed E-state index contributed by atoms with van der Waals surface area (Å²) in [4.78, 5) is 1.26. The number of hydrogen-bond donors (Lipinski definition) is 1. The minimum Gasteiger partial charge on any atom is -0.312 e. The van der Waals surface area contributed by atoms with E-state index in [1.54, 1.807) is 11.3 Å². The molecule has 0 saturated carbocycles. The van der Waals surface area contributed by atoms with Crippen molar-refractivity contribution in [3.05, 3.63) is 55.1 Å². The predicted octanol–water partition coefficient (Wildman–Crippen LogP) is 4.98. The summed E-state index contributed by atoms with van der Waals surface area (Å²) in [5, 5.41) is 3.36. The third-order valence-electron chi connectivity index (χ3n) is 2.88. The van der Waals surface area contributed by atoms with Gasteiger partial charge >= 0.3 is 0 Å². The van der Waals surface area contributed by atoms with E-state index >= 15 is 0 Å². The zero-order valence-electron chi connectivity index (χ0n) is 10.3. The Labute approximate surface area is 125 Å². The highest BCUT2D eigenvalue weighted by molar-refractivity contribution is 9.10. The van der Waals surface area contributed by atoms with Crippen LogP contribution in [-0.4, -0.2) is 7.05 Å². The van der Waals surface area contributed by atoms with Crippen molar-refractivity contribution in [3.8, 4) is 0 Å². The van der Waals surface area contributed by atoms with Crippen molar-refractivity contribution >= 4 is 38.9 Å². The minimum atomic E-state index is 0.306. The third-order valence-corrected chi connectivity index (χ3v) is 5.47. The van der Waals surface area contributed by atoms with Gasteiger partial charge in [-0.05, 0) is 48.0 Å². The van der Waals surface area contributed by atoms with Gasteiger partial charge in [0.1, 0.15) is 4.34 Å². The van der Waals surface area contributed by atoms with Crippen LogP contribution in [0.5, 0.6) is 0 Å². The molecule has 1 aromatic carbocycles. The minimum absolute atomic E-state index is 0.306. The number of thiophene rings is 1. The van der Waals surface area contributed by atoms with Crippen molar-refractivity contribution in [1.82, 2.24) is 5.32 Å². The van der Waals surface area contributed by atoms with Gasteiger partial charge in [-0.3, -0.25) is 0 Å². The Kier molecular flexibility index (Phi) is 4.84. The van der Waals surface area contributed by atoms with Gasteiger partial charge in [-0.15, -0.1) is 11.3 Å². The van der Waals surface area contributed by atoms with E-state index in [0.717, 1.165) is 15.2 Å². The Balaban J connectivity index is 2.19. The molecule has 4 heteroatoms. The van der Waals surface area contributed by atoms with Crippen molar-refractivity contribution in [2.45, 2.75) is 19.4 Å². The lowest BCUT2D eigenvalue weighted by atomic mass is 10.0. The smallest absolute Gasteiger partial charge is 0.107 e. The van der Waals surface area contributed by atoms with Crippen LogP contribution in [0, 0.1) is 6.92 Å². The second kappa shape index (κ2) is 6.20. The molecule has 0 aliphatic heterocycles. The van der Waals surface area contributed by atoms with Gasteiger partial charge in [-0.2, -0.15) is 0 Å². The molecule has 0 bridgehead atoms. The Morgan fingerprint density at radius 1 is 1.39 bits per heavy atom. The molecule has 0 spiro atoms. The molecular formula is C14H15BrClNS. The molecule has 0 amide bonds. The van der Waals surface area contributed by atoms with E-state index in [0.29, 0.717) is 6.04 Å². The average molecular weight is 345 g/mol. The second-order valence-corrected chi connectivity index (χ2v) is 6.85. The summed E-state index contributed by atoms with van der Waals surface area (Å²) < 4.78 is 1.79. The van der Waals surface area contributed by atoms with E-state index in [9.17, 15) is 0 Å². The van der Waals surface area contributed by atoms with E-state index < -0.39 is 0 Å². The Bertz CT molecular complexity index is 519. The molecule has 2 aromatic rings. The SMILES string of the molecule is CNC(Cc1cccc(C)c1)c1cc(Br)c(Cl)s1. The molecule has 18 heavy (non-hydrogen) atoms. The fraction of sp³-hybridized carbons (Fsp3) is 0.286. The van der Waals surface area contributed by atoms with Crippen LogP contribution in [0.4, 0.5) is 0 Å². The van der Waals surface area contributed by atoms with E-state index in [4.69, 9.17) is 11.6 Å². The molecular weight excluding hydrogens is 330 g/mol. The summed E-state index contributed by atoms with van der Waals surface area (Å²) in [6.45, 7) is 2.12. The lowest BCUT2D eigenvalue weighted by molar-refractivity contribution is 0.602. The number of benzene rings is 1. The first-order valence-corrected chi connectivity index (χ1v) is 7.76. The van der Waals surface area contributed by atoms with Gasteiger partial charge in [0.25, 0.3) is 0 Å². The molecule has 0 radical (unpaired) electrons. The molecule has 1 N–H and O–H groups in total. The normalized spacial score (nSPS) is 12.7. The highest BCUT2D eigenvalue weighted by Gasteiger charge is 2.14. The highest BCUT2D eigenvalue weighted by Crippen LogP contribution is 2.36. The molecule has 1 unspecified atom stereocenters. The molecule has 0 saturated heterocycles. The van der Waals surface area contributed by atoms with Gasteiger partial charge in [0.2, 0.25) is 0 Å². The van der Waals surface area contributed by atoms with Crippen molar-refractivity contribution in [2.24, 2.45) is 0 Å². The molecule has 1 heterocycles. The number of nitrogens with one attached hydrogen (secondary N) is 1. The maximum atomic E-state index is 6.10. The fourth-order valence-corrected chi connectivity index (χ4v) is 3.80. The van der Waals surface area contributed by atoms with Crippen LogP contribution < -0.4 is 5.32 Å². The summed E-state index contributed by atoms with van der Waals surface area (Å²) >= 11 is 11.2. The van der Waals surface area contributed by atoms with Crippen LogP contribution >= 0.6 is 38.9 Å². The zero-order valence-corrected chi connectivity index (χ0v) is 13.5. The van der Waals surface area contributed by atoms with Crippen molar-refractivity contribution in [1.29, 1.82) is 0 Å². The molecule has 1 aromatic heterocycles. The van der Waals surface area contributed by atoms with E-state index in [1.165, 1.54) is 16.0 Å². The maximum absolute atomic E-state index is 6.10. The first-order valence-electron chi connectivity index (χ1n) is 5.77. The maximum Gasteiger partial charge on any atom is 0.107 e. The Morgan fingerprint density at radius 2 is 2.17 bits per heavy atom. The number of halogens is 2. The summed E-state index contributed by atoms with van der Waals surface area (Å²) in [6.07, 6.45) is 0.974. The quantitative estimate of drug-likeness (QED) is 0.825. The highest BCUT2D eigenvalue weighted by atomic mass is 79.9. The van der Waals surface area contributed by atoms with Gasteiger partial charge in [-0.25, -0.2) is 0 Å². The van der Waals surface area contributed by atoms with Crippen LogP contribution in [0.1, 0.15) is 22.0 Å². The Hall–Kier alpha value is -0.350. The van der Waals surface area contributed by atoms with E-state index in [-0.39, 0.29) is 0 Å². The first-order chi connectivity index (χ1) is 8.60. The molecule has 1 atom stereocenters. The van der Waals surface area contributed by atoms with Gasteiger partial charge in [0, 0.05) is 15.4 Å². The van der Waals surface area contributed by atoms with Crippen LogP contribution in [0.15, 0.2) is 34.8 Å². The van der Waals surface area contributed by atoms with E-state index in [2.05, 4.69) is 58.5 Å². The lowest BCUT2D eigenvalue weighted by Gasteiger charge is -2.14. The molecule has 2 rings (SSSR count). The number of hydrogen-bond acceptors (Lipinski definition) is 2. The predicted molar refractivity (Wildman–Crippen MR) is 83.7 cm³/mol. The standard InChI is InChI=1S/C14H15BrClNS/c1-9-4-3-5-10(6-9)7-12(17-2)13-8-11(15)14(16)18-13/h3-6,8,12,17H,7H2,1-2H3. The molecule has 0 fully saturated rings. The zero-order chi connectivity index (χ0) is 13.1. The number of aryl methyl sites for hydroxylation is 1. The topological polar surface area (TPSA) is 12.0 Å². The number of rotatable bonds is 4. The van der Waals surface area contributed by atoms with Crippen molar-refractivity contribution in [2.75, 3.05) is 7.05 Å². The van der Waals surface area contributed by atoms with Crippen molar-refractivity contribution in [3.63, 3.8) is 0 Å². The Morgan fingerprint density at radius 3 is 2.72 bits per heavy atom. The summed E-state index contributed by atoms with van der Waals surface area (Å²) in [5.74, 6) is 0. The summed E-state index contributed by atoms with van der Waals surface area (Å²) in [6, 6.07) is 11.0. The first kappa shape index (κ1) is 14.1. The summed E-state index contributed by atoms with van der Waals surface area (Å²) in [7, 11) is 1.99. The molecule has 0 aliphatic rings. The fourth-order valence-electron chi connectivity index (χ4n) is 1.95. The van der Waals surface area contributed by atoms with Crippen LogP contribution in [0.25, 0.3) is 0 Å². The van der Waals surface area contributed by atoms with Crippen LogP contribution in [0.2, 0.25) is 4.34 Å². The van der Waals surface area contributed by atoms with Gasteiger partial charge in [0.05, 0.1) is 0 Å². The van der Waals surface area contributed by atoms with E-state index in [1.807, 2.05) is 7.05 Å². The lowest BCUT2D eigenvalue weighted by Crippen LogP contribution is -2.17. The monoisotopic (exact) mass is 343 g/mol. The second-order valence-electron chi connectivity index (χ2n) is 4.30.